The number of nitrogens with one attached hydrogen (secondary N) is 1. The lowest BCUT2D eigenvalue weighted by atomic mass is 10.1. The number of carboxylic acid groups (broad SMARTS) is 1. The molecule has 3 heterocycles. The lowest BCUT2D eigenvalue weighted by Gasteiger charge is -2.06. The van der Waals surface area contributed by atoms with Crippen LogP contribution in [0.2, 0.25) is 0 Å². The molecule has 3 aromatic heterocycles. The molecule has 3 rings (SSSR count). The zero-order chi connectivity index (χ0) is 17.4. The normalized spacial score (nSPS) is 11.0. The van der Waals surface area contributed by atoms with Crippen molar-refractivity contribution in [2.24, 2.45) is 7.05 Å². The van der Waals surface area contributed by atoms with Crippen LogP contribution in [0.5, 0.6) is 0 Å². The van der Waals surface area contributed by atoms with Crippen molar-refractivity contribution in [2.75, 3.05) is 5.32 Å². The molecule has 3 aromatic rings. The Balaban J connectivity index is 1.94. The summed E-state index contributed by atoms with van der Waals surface area (Å²) >= 11 is 0. The summed E-state index contributed by atoms with van der Waals surface area (Å²) in [6.45, 7) is 3.36. The van der Waals surface area contributed by atoms with E-state index in [1.165, 1.54) is 17.1 Å². The number of aliphatic carboxylic acids is 1. The number of nitrogens with zero attached hydrogens (tertiary/aromatic N) is 5. The van der Waals surface area contributed by atoms with Gasteiger partial charge in [0.1, 0.15) is 6.54 Å². The summed E-state index contributed by atoms with van der Waals surface area (Å²) in [5, 5.41) is 20.4. The number of carbonyl (C=O) groups excluding carboxylic acids is 1. The van der Waals surface area contributed by atoms with Gasteiger partial charge in [0.15, 0.2) is 5.65 Å². The number of hydrogen-bond acceptors (Lipinski definition) is 5. The Bertz CT molecular complexity index is 956. The lowest BCUT2D eigenvalue weighted by molar-refractivity contribution is -0.137. The predicted octanol–water partition coefficient (Wildman–Crippen LogP) is 1.12. The highest BCUT2D eigenvalue weighted by molar-refractivity contribution is 6.12. The molecule has 9 heteroatoms. The molecule has 0 aliphatic carbocycles. The topological polar surface area (TPSA) is 115 Å². The van der Waals surface area contributed by atoms with Gasteiger partial charge in [0.25, 0.3) is 5.91 Å². The molecule has 124 valence electrons. The SMILES string of the molecule is Cc1cc(C(=O)Nc2cnn(CC(=O)O)c2)c2c(C)nn(C)c2n1. The average molecular weight is 328 g/mol. The number of amides is 1. The number of pyridine rings is 1. The fourth-order valence-corrected chi connectivity index (χ4v) is 2.60. The third kappa shape index (κ3) is 2.83. The average Bonchev–Trinajstić information content (AvgIpc) is 3.02. The largest absolute Gasteiger partial charge is 0.480 e. The molecule has 9 nitrogen and oxygen atoms in total. The van der Waals surface area contributed by atoms with Crippen molar-refractivity contribution >= 4 is 28.6 Å². The van der Waals surface area contributed by atoms with Gasteiger partial charge < -0.3 is 10.4 Å². The van der Waals surface area contributed by atoms with Crippen molar-refractivity contribution in [3.05, 3.63) is 35.4 Å². The first-order valence-corrected chi connectivity index (χ1v) is 7.21. The number of anilines is 1. The van der Waals surface area contributed by atoms with Crippen LogP contribution in [0.1, 0.15) is 21.7 Å². The number of hydrogen-bond donors (Lipinski definition) is 2. The monoisotopic (exact) mass is 328 g/mol. The van der Waals surface area contributed by atoms with E-state index in [2.05, 4.69) is 20.5 Å². The van der Waals surface area contributed by atoms with Gasteiger partial charge in [0.05, 0.1) is 28.5 Å². The van der Waals surface area contributed by atoms with Crippen molar-refractivity contribution in [2.45, 2.75) is 20.4 Å². The minimum atomic E-state index is -1.01. The molecular weight excluding hydrogens is 312 g/mol. The summed E-state index contributed by atoms with van der Waals surface area (Å²) in [5.41, 5.74) is 2.95. The Hall–Kier alpha value is -3.23. The zero-order valence-corrected chi connectivity index (χ0v) is 13.4. The second-order valence-electron chi connectivity index (χ2n) is 5.49. The van der Waals surface area contributed by atoms with Gasteiger partial charge in [-0.1, -0.05) is 0 Å². The number of aryl methyl sites for hydroxylation is 3. The number of carboxylic acids is 1. The van der Waals surface area contributed by atoms with Crippen LogP contribution in [0, 0.1) is 13.8 Å². The van der Waals surface area contributed by atoms with Gasteiger partial charge in [-0.2, -0.15) is 10.2 Å². The highest BCUT2D eigenvalue weighted by Crippen LogP contribution is 2.22. The minimum absolute atomic E-state index is 0.268. The van der Waals surface area contributed by atoms with E-state index in [-0.39, 0.29) is 12.5 Å². The Labute approximate surface area is 136 Å². The molecule has 0 radical (unpaired) electrons. The molecule has 0 bridgehead atoms. The van der Waals surface area contributed by atoms with Crippen LogP contribution in [0.4, 0.5) is 5.69 Å². The van der Waals surface area contributed by atoms with Gasteiger partial charge in [-0.3, -0.25) is 19.0 Å². The fourth-order valence-electron chi connectivity index (χ4n) is 2.60. The highest BCUT2D eigenvalue weighted by atomic mass is 16.4. The Kier molecular flexibility index (Phi) is 3.76. The van der Waals surface area contributed by atoms with Crippen molar-refractivity contribution in [3.8, 4) is 0 Å². The molecule has 2 N–H and O–H groups in total. The Morgan fingerprint density at radius 2 is 2.08 bits per heavy atom. The third-order valence-corrected chi connectivity index (χ3v) is 3.53. The molecule has 0 aliphatic heterocycles. The van der Waals surface area contributed by atoms with Gasteiger partial charge in [-0.05, 0) is 19.9 Å². The highest BCUT2D eigenvalue weighted by Gasteiger charge is 2.18. The van der Waals surface area contributed by atoms with Gasteiger partial charge >= 0.3 is 5.97 Å². The summed E-state index contributed by atoms with van der Waals surface area (Å²) in [4.78, 5) is 27.7. The van der Waals surface area contributed by atoms with Crippen LogP contribution in [0.25, 0.3) is 11.0 Å². The molecule has 0 aliphatic rings. The molecule has 24 heavy (non-hydrogen) atoms. The van der Waals surface area contributed by atoms with Crippen LogP contribution >= 0.6 is 0 Å². The quantitative estimate of drug-likeness (QED) is 0.741. The van der Waals surface area contributed by atoms with E-state index in [0.29, 0.717) is 33.7 Å². The molecule has 0 saturated carbocycles. The van der Waals surface area contributed by atoms with E-state index in [0.717, 1.165) is 0 Å². The van der Waals surface area contributed by atoms with E-state index in [9.17, 15) is 9.59 Å². The van der Waals surface area contributed by atoms with Crippen molar-refractivity contribution in [3.63, 3.8) is 0 Å². The van der Waals surface area contributed by atoms with E-state index in [1.54, 1.807) is 17.8 Å². The first kappa shape index (κ1) is 15.7. The predicted molar refractivity (Wildman–Crippen MR) is 85.8 cm³/mol. The van der Waals surface area contributed by atoms with Crippen LogP contribution in [-0.4, -0.2) is 41.5 Å². The van der Waals surface area contributed by atoms with Gasteiger partial charge in [0, 0.05) is 18.9 Å². The summed E-state index contributed by atoms with van der Waals surface area (Å²) in [6, 6.07) is 1.70. The smallest absolute Gasteiger partial charge is 0.325 e. The summed E-state index contributed by atoms with van der Waals surface area (Å²) in [7, 11) is 1.78. The second-order valence-corrected chi connectivity index (χ2v) is 5.49. The molecule has 0 aromatic carbocycles. The van der Waals surface area contributed by atoms with E-state index in [1.807, 2.05) is 13.8 Å². The molecular formula is C15H16N6O3. The first-order chi connectivity index (χ1) is 11.3. The van der Waals surface area contributed by atoms with E-state index in [4.69, 9.17) is 5.11 Å². The standard InChI is InChI=1S/C15H16N6O3/c1-8-4-11(13-9(2)19-20(3)14(13)17-8)15(24)18-10-5-16-21(6-10)7-12(22)23/h4-6H,7H2,1-3H3,(H,18,24)(H,22,23). The second kappa shape index (κ2) is 5.76. The molecule has 0 atom stereocenters. The maximum absolute atomic E-state index is 12.6. The fraction of sp³-hybridized carbons (Fsp3) is 0.267. The number of rotatable bonds is 4. The van der Waals surface area contributed by atoms with Crippen LogP contribution in [0.15, 0.2) is 18.5 Å². The van der Waals surface area contributed by atoms with Crippen LogP contribution < -0.4 is 5.32 Å². The molecule has 0 saturated heterocycles. The molecule has 0 fully saturated rings. The molecule has 1 amide bonds. The van der Waals surface area contributed by atoms with Gasteiger partial charge in [-0.15, -0.1) is 0 Å². The Morgan fingerprint density at radius 1 is 1.33 bits per heavy atom. The summed E-state index contributed by atoms with van der Waals surface area (Å²) in [5.74, 6) is -1.33. The van der Waals surface area contributed by atoms with E-state index < -0.39 is 5.97 Å². The third-order valence-electron chi connectivity index (χ3n) is 3.53. The number of aromatic nitrogens is 5. The van der Waals surface area contributed by atoms with E-state index >= 15 is 0 Å². The zero-order valence-electron chi connectivity index (χ0n) is 13.4. The maximum atomic E-state index is 12.6. The first-order valence-electron chi connectivity index (χ1n) is 7.21. The summed E-state index contributed by atoms with van der Waals surface area (Å²) < 4.78 is 2.87. The molecule has 0 unspecified atom stereocenters. The van der Waals surface area contributed by atoms with Crippen molar-refractivity contribution < 1.29 is 14.7 Å². The minimum Gasteiger partial charge on any atom is -0.480 e. The Morgan fingerprint density at radius 3 is 2.79 bits per heavy atom. The van der Waals surface area contributed by atoms with Crippen LogP contribution in [-0.2, 0) is 18.4 Å². The van der Waals surface area contributed by atoms with Crippen LogP contribution in [0.3, 0.4) is 0 Å². The molecule has 0 spiro atoms. The number of carbonyl (C=O) groups is 2. The van der Waals surface area contributed by atoms with Gasteiger partial charge in [0.2, 0.25) is 0 Å². The van der Waals surface area contributed by atoms with Crippen molar-refractivity contribution in [1.29, 1.82) is 0 Å². The van der Waals surface area contributed by atoms with Crippen molar-refractivity contribution in [1.82, 2.24) is 24.5 Å². The number of fused-ring (bicyclic) bond motifs is 1. The van der Waals surface area contributed by atoms with Gasteiger partial charge in [-0.25, -0.2) is 4.98 Å². The lowest BCUT2D eigenvalue weighted by Crippen LogP contribution is -2.13. The summed E-state index contributed by atoms with van der Waals surface area (Å²) in [6.07, 6.45) is 2.87. The maximum Gasteiger partial charge on any atom is 0.325 e.